The lowest BCUT2D eigenvalue weighted by Crippen LogP contribution is -2.37. The Balaban J connectivity index is 1.51. The summed E-state index contributed by atoms with van der Waals surface area (Å²) in [5, 5.41) is 13.6. The molecule has 29 heavy (non-hydrogen) atoms. The third-order valence-corrected chi connectivity index (χ3v) is 5.99. The summed E-state index contributed by atoms with van der Waals surface area (Å²) in [5.41, 5.74) is 2.73. The first kappa shape index (κ1) is 19.6. The minimum absolute atomic E-state index is 0.0360. The number of para-hydroxylation sites is 1. The van der Waals surface area contributed by atoms with Crippen LogP contribution in [-0.2, 0) is 4.79 Å². The molecule has 1 atom stereocenters. The first-order chi connectivity index (χ1) is 14.0. The number of nitrogens with zero attached hydrogens (tertiary/aromatic N) is 4. The number of carbonyl (C=O) groups excluding carboxylic acids is 1. The highest BCUT2D eigenvalue weighted by molar-refractivity contribution is 5.95. The Morgan fingerprint density at radius 2 is 1.90 bits per heavy atom. The van der Waals surface area contributed by atoms with E-state index in [4.69, 9.17) is 5.11 Å². The first-order valence-electron chi connectivity index (χ1n) is 10.4. The van der Waals surface area contributed by atoms with Crippen LogP contribution >= 0.6 is 0 Å². The lowest BCUT2D eigenvalue weighted by molar-refractivity contribution is -0.138. The second-order valence-electron chi connectivity index (χ2n) is 8.15. The molecule has 2 fully saturated rings. The van der Waals surface area contributed by atoms with Crippen molar-refractivity contribution in [3.05, 3.63) is 47.8 Å². The summed E-state index contributed by atoms with van der Waals surface area (Å²) in [6, 6.07) is 10.2. The van der Waals surface area contributed by atoms with Gasteiger partial charge in [-0.05, 0) is 51.3 Å². The van der Waals surface area contributed by atoms with Gasteiger partial charge in [-0.2, -0.15) is 5.10 Å². The third-order valence-electron chi connectivity index (χ3n) is 5.99. The highest BCUT2D eigenvalue weighted by Gasteiger charge is 2.35. The van der Waals surface area contributed by atoms with Crippen LogP contribution in [0.2, 0.25) is 0 Å². The van der Waals surface area contributed by atoms with Crippen LogP contribution in [-0.4, -0.2) is 69.3 Å². The van der Waals surface area contributed by atoms with Crippen molar-refractivity contribution < 1.29 is 14.7 Å². The van der Waals surface area contributed by atoms with Gasteiger partial charge >= 0.3 is 5.97 Å². The first-order valence-corrected chi connectivity index (χ1v) is 10.4. The average molecular weight is 396 g/mol. The Bertz CT molecular complexity index is 875. The molecule has 4 rings (SSSR count). The molecule has 0 bridgehead atoms. The van der Waals surface area contributed by atoms with Crippen LogP contribution in [0.15, 0.2) is 36.5 Å². The number of likely N-dealkylation sites (N-methyl/N-ethyl adjacent to an activating group) is 1. The number of rotatable bonds is 6. The molecule has 154 valence electrons. The topological polar surface area (TPSA) is 78.7 Å². The van der Waals surface area contributed by atoms with E-state index in [1.165, 1.54) is 0 Å². The molecule has 1 N–H and O–H groups in total. The van der Waals surface area contributed by atoms with Crippen molar-refractivity contribution in [3.8, 4) is 5.69 Å². The summed E-state index contributed by atoms with van der Waals surface area (Å²) in [4.78, 5) is 28.2. The zero-order valence-corrected chi connectivity index (χ0v) is 16.8. The largest absolute Gasteiger partial charge is 0.480 e. The van der Waals surface area contributed by atoms with Crippen LogP contribution in [0.5, 0.6) is 0 Å². The fourth-order valence-corrected chi connectivity index (χ4v) is 4.28. The normalized spacial score (nSPS) is 19.9. The maximum absolute atomic E-state index is 13.4. The number of aromatic nitrogens is 2. The highest BCUT2D eigenvalue weighted by Crippen LogP contribution is 2.42. The second kappa shape index (κ2) is 8.37. The lowest BCUT2D eigenvalue weighted by Gasteiger charge is -2.25. The lowest BCUT2D eigenvalue weighted by atomic mass is 10.1. The van der Waals surface area contributed by atoms with Crippen molar-refractivity contribution in [2.75, 3.05) is 26.7 Å². The number of aliphatic carboxylic acids is 1. The van der Waals surface area contributed by atoms with E-state index >= 15 is 0 Å². The molecular weight excluding hydrogens is 368 g/mol. The Morgan fingerprint density at radius 3 is 2.59 bits per heavy atom. The maximum Gasteiger partial charge on any atom is 0.317 e. The summed E-state index contributed by atoms with van der Waals surface area (Å²) in [6.07, 6.45) is 6.50. The molecular formula is C22H28N4O3. The van der Waals surface area contributed by atoms with Gasteiger partial charge in [0.15, 0.2) is 0 Å². The fraction of sp³-hybridized carbons (Fsp3) is 0.500. The molecule has 1 amide bonds. The van der Waals surface area contributed by atoms with E-state index in [9.17, 15) is 9.59 Å². The van der Waals surface area contributed by atoms with Crippen molar-refractivity contribution in [2.24, 2.45) is 0 Å². The van der Waals surface area contributed by atoms with Crippen molar-refractivity contribution in [1.82, 2.24) is 19.6 Å². The average Bonchev–Trinajstić information content (AvgIpc) is 3.50. The predicted octanol–water partition coefficient (Wildman–Crippen LogP) is 2.76. The quantitative estimate of drug-likeness (QED) is 0.812. The number of carboxylic acids is 1. The number of hydrogen-bond donors (Lipinski definition) is 1. The monoisotopic (exact) mass is 396 g/mol. The van der Waals surface area contributed by atoms with Gasteiger partial charge in [-0.25, -0.2) is 4.68 Å². The van der Waals surface area contributed by atoms with Crippen LogP contribution in [0.3, 0.4) is 0 Å². The molecule has 2 aliphatic rings. The van der Waals surface area contributed by atoms with Crippen molar-refractivity contribution in [1.29, 1.82) is 0 Å². The van der Waals surface area contributed by atoms with Gasteiger partial charge in [0.25, 0.3) is 5.91 Å². The number of carboxylic acid groups (broad SMARTS) is 1. The van der Waals surface area contributed by atoms with Crippen molar-refractivity contribution in [2.45, 2.75) is 44.1 Å². The minimum Gasteiger partial charge on any atom is -0.480 e. The summed E-state index contributed by atoms with van der Waals surface area (Å²) >= 11 is 0. The summed E-state index contributed by atoms with van der Waals surface area (Å²) in [7, 11) is 1.85. The van der Waals surface area contributed by atoms with E-state index in [0.717, 1.165) is 43.5 Å². The number of amides is 1. The van der Waals surface area contributed by atoms with Gasteiger partial charge in [0.2, 0.25) is 0 Å². The Morgan fingerprint density at radius 1 is 1.14 bits per heavy atom. The zero-order valence-electron chi connectivity index (χ0n) is 16.8. The molecule has 1 aromatic heterocycles. The maximum atomic E-state index is 13.4. The SMILES string of the molecule is CN(CC(=O)O)C1CCCN(C(=O)c2cnn(-c3ccccc3)c2C2CC2)CC1. The van der Waals surface area contributed by atoms with E-state index in [0.29, 0.717) is 24.6 Å². The van der Waals surface area contributed by atoms with Gasteiger partial charge in [0, 0.05) is 25.0 Å². The molecule has 1 aliphatic carbocycles. The van der Waals surface area contributed by atoms with Crippen LogP contribution in [0.4, 0.5) is 0 Å². The third kappa shape index (κ3) is 4.34. The van der Waals surface area contributed by atoms with E-state index < -0.39 is 5.97 Å². The molecule has 1 aliphatic heterocycles. The molecule has 2 aromatic rings. The Kier molecular flexibility index (Phi) is 5.67. The number of hydrogen-bond acceptors (Lipinski definition) is 4. The van der Waals surface area contributed by atoms with Crippen molar-refractivity contribution in [3.63, 3.8) is 0 Å². The fourth-order valence-electron chi connectivity index (χ4n) is 4.28. The highest BCUT2D eigenvalue weighted by atomic mass is 16.4. The molecule has 1 saturated heterocycles. The molecule has 0 radical (unpaired) electrons. The van der Waals surface area contributed by atoms with Gasteiger partial charge in [0.1, 0.15) is 0 Å². The van der Waals surface area contributed by atoms with E-state index in [1.807, 2.05) is 51.9 Å². The zero-order chi connectivity index (χ0) is 20.4. The molecule has 1 unspecified atom stereocenters. The molecule has 2 heterocycles. The van der Waals surface area contributed by atoms with E-state index in [1.54, 1.807) is 6.20 Å². The van der Waals surface area contributed by atoms with E-state index in [2.05, 4.69) is 5.10 Å². The van der Waals surface area contributed by atoms with E-state index in [-0.39, 0.29) is 18.5 Å². The smallest absolute Gasteiger partial charge is 0.317 e. The Hall–Kier alpha value is -2.67. The van der Waals surface area contributed by atoms with Gasteiger partial charge < -0.3 is 10.0 Å². The van der Waals surface area contributed by atoms with Gasteiger partial charge in [-0.1, -0.05) is 18.2 Å². The molecule has 7 nitrogen and oxygen atoms in total. The van der Waals surface area contributed by atoms with Crippen LogP contribution in [0.25, 0.3) is 5.69 Å². The number of benzene rings is 1. The van der Waals surface area contributed by atoms with Crippen LogP contribution < -0.4 is 0 Å². The van der Waals surface area contributed by atoms with Crippen molar-refractivity contribution >= 4 is 11.9 Å². The summed E-state index contributed by atoms with van der Waals surface area (Å²) in [5.74, 6) is -0.360. The second-order valence-corrected chi connectivity index (χ2v) is 8.15. The summed E-state index contributed by atoms with van der Waals surface area (Å²) < 4.78 is 1.92. The molecule has 1 saturated carbocycles. The predicted molar refractivity (Wildman–Crippen MR) is 109 cm³/mol. The van der Waals surface area contributed by atoms with Gasteiger partial charge in [-0.3, -0.25) is 14.5 Å². The molecule has 7 heteroatoms. The Labute approximate surface area is 170 Å². The molecule has 0 spiro atoms. The minimum atomic E-state index is -0.813. The van der Waals surface area contributed by atoms with Crippen LogP contribution in [0, 0.1) is 0 Å². The standard InChI is InChI=1S/C22H28N4O3/c1-24(15-20(27)28)17-8-5-12-25(13-11-17)22(29)19-14-23-26(21(19)16-9-10-16)18-6-3-2-4-7-18/h2-4,6-7,14,16-17H,5,8-13,15H2,1H3,(H,27,28). The summed E-state index contributed by atoms with van der Waals surface area (Å²) in [6.45, 7) is 1.39. The van der Waals surface area contributed by atoms with Gasteiger partial charge in [-0.15, -0.1) is 0 Å². The number of carbonyl (C=O) groups is 2. The molecule has 1 aromatic carbocycles. The van der Waals surface area contributed by atoms with Gasteiger partial charge in [0.05, 0.1) is 29.7 Å². The number of likely N-dealkylation sites (tertiary alicyclic amines) is 1. The van der Waals surface area contributed by atoms with Crippen LogP contribution in [0.1, 0.15) is 54.1 Å².